The van der Waals surface area contributed by atoms with Crippen molar-refractivity contribution in [3.8, 4) is 0 Å². The van der Waals surface area contributed by atoms with Crippen molar-refractivity contribution in [1.29, 1.82) is 0 Å². The number of aromatic carboxylic acids is 1. The lowest BCUT2D eigenvalue weighted by Gasteiger charge is -2.34. The van der Waals surface area contributed by atoms with Crippen LogP contribution in [-0.4, -0.2) is 53.6 Å². The molecule has 25 heavy (non-hydrogen) atoms. The van der Waals surface area contributed by atoms with Gasteiger partial charge in [-0.05, 0) is 42.6 Å². The van der Waals surface area contributed by atoms with Crippen molar-refractivity contribution >= 4 is 5.97 Å². The Labute approximate surface area is 149 Å². The van der Waals surface area contributed by atoms with Crippen LogP contribution in [0.4, 0.5) is 0 Å². The summed E-state index contributed by atoms with van der Waals surface area (Å²) in [6.45, 7) is 6.67. The maximum absolute atomic E-state index is 10.9. The first-order chi connectivity index (χ1) is 12.2. The van der Waals surface area contributed by atoms with E-state index in [4.69, 9.17) is 5.11 Å². The number of rotatable bonds is 7. The molecule has 0 aromatic heterocycles. The van der Waals surface area contributed by atoms with Gasteiger partial charge in [-0.3, -0.25) is 4.90 Å². The van der Waals surface area contributed by atoms with Gasteiger partial charge >= 0.3 is 5.97 Å². The van der Waals surface area contributed by atoms with Crippen LogP contribution in [0, 0.1) is 0 Å². The molecule has 1 saturated heterocycles. The fourth-order valence-corrected chi connectivity index (χ4v) is 3.33. The van der Waals surface area contributed by atoms with Crippen LogP contribution in [0.15, 0.2) is 54.6 Å². The minimum Gasteiger partial charge on any atom is -0.478 e. The van der Waals surface area contributed by atoms with E-state index in [2.05, 4.69) is 40.1 Å². The Hall–Kier alpha value is -2.17. The monoisotopic (exact) mass is 338 g/mol. The van der Waals surface area contributed by atoms with E-state index in [0.717, 1.165) is 52.1 Å². The lowest BCUT2D eigenvalue weighted by atomic mass is 10.1. The van der Waals surface area contributed by atoms with Crippen LogP contribution in [0.5, 0.6) is 0 Å². The molecular formula is C21H26N2O2. The molecule has 2 aromatic carbocycles. The van der Waals surface area contributed by atoms with Gasteiger partial charge in [0.25, 0.3) is 0 Å². The van der Waals surface area contributed by atoms with Gasteiger partial charge in [0.15, 0.2) is 0 Å². The summed E-state index contributed by atoms with van der Waals surface area (Å²) in [7, 11) is 0. The van der Waals surface area contributed by atoms with Gasteiger partial charge in [0.1, 0.15) is 0 Å². The molecule has 0 aliphatic carbocycles. The molecule has 132 valence electrons. The highest BCUT2D eigenvalue weighted by molar-refractivity contribution is 5.87. The number of carboxylic acid groups (broad SMARTS) is 1. The second kappa shape index (κ2) is 8.79. The van der Waals surface area contributed by atoms with Crippen LogP contribution in [0.1, 0.15) is 27.9 Å². The molecule has 1 fully saturated rings. The molecule has 0 atom stereocenters. The lowest BCUT2D eigenvalue weighted by Crippen LogP contribution is -2.46. The largest absolute Gasteiger partial charge is 0.478 e. The summed E-state index contributed by atoms with van der Waals surface area (Å²) in [6.07, 6.45) is 2.12. The first-order valence-corrected chi connectivity index (χ1v) is 9.01. The molecule has 1 heterocycles. The highest BCUT2D eigenvalue weighted by atomic mass is 16.4. The number of hydrogen-bond acceptors (Lipinski definition) is 3. The minimum absolute atomic E-state index is 0.360. The van der Waals surface area contributed by atoms with Gasteiger partial charge < -0.3 is 10.0 Å². The van der Waals surface area contributed by atoms with Gasteiger partial charge in [0, 0.05) is 32.7 Å². The second-order valence-electron chi connectivity index (χ2n) is 6.71. The van der Waals surface area contributed by atoms with Crippen LogP contribution < -0.4 is 0 Å². The van der Waals surface area contributed by atoms with Crippen molar-refractivity contribution < 1.29 is 9.90 Å². The maximum Gasteiger partial charge on any atom is 0.335 e. The number of hydrogen-bond donors (Lipinski definition) is 1. The Balaban J connectivity index is 1.36. The topological polar surface area (TPSA) is 43.8 Å². The van der Waals surface area contributed by atoms with E-state index in [9.17, 15) is 4.79 Å². The maximum atomic E-state index is 10.9. The number of carbonyl (C=O) groups is 1. The van der Waals surface area contributed by atoms with Crippen molar-refractivity contribution in [2.45, 2.75) is 19.4 Å². The average Bonchev–Trinajstić information content (AvgIpc) is 2.64. The number of piperazine rings is 1. The summed E-state index contributed by atoms with van der Waals surface area (Å²) >= 11 is 0. The molecule has 1 N–H and O–H groups in total. The SMILES string of the molecule is O=C(O)c1ccc(CCCN2CCN(Cc3ccccc3)CC2)cc1. The highest BCUT2D eigenvalue weighted by Crippen LogP contribution is 2.11. The van der Waals surface area contributed by atoms with E-state index in [1.165, 1.54) is 11.1 Å². The van der Waals surface area contributed by atoms with E-state index in [1.54, 1.807) is 12.1 Å². The van der Waals surface area contributed by atoms with Crippen molar-refractivity contribution in [3.05, 3.63) is 71.3 Å². The molecule has 0 radical (unpaired) electrons. The molecule has 1 aliphatic rings. The highest BCUT2D eigenvalue weighted by Gasteiger charge is 2.16. The molecule has 4 nitrogen and oxygen atoms in total. The van der Waals surface area contributed by atoms with Crippen molar-refractivity contribution in [2.75, 3.05) is 32.7 Å². The number of aryl methyl sites for hydroxylation is 1. The van der Waals surface area contributed by atoms with Gasteiger partial charge in [0.2, 0.25) is 0 Å². The zero-order valence-electron chi connectivity index (χ0n) is 14.6. The third kappa shape index (κ3) is 5.41. The molecule has 2 aromatic rings. The van der Waals surface area contributed by atoms with Crippen molar-refractivity contribution in [2.24, 2.45) is 0 Å². The fourth-order valence-electron chi connectivity index (χ4n) is 3.33. The Bertz CT molecular complexity index is 662. The Kier molecular flexibility index (Phi) is 6.20. The fraction of sp³-hybridized carbons (Fsp3) is 0.381. The predicted octanol–water partition coefficient (Wildman–Crippen LogP) is 3.14. The predicted molar refractivity (Wildman–Crippen MR) is 99.9 cm³/mol. The normalized spacial score (nSPS) is 16.0. The van der Waals surface area contributed by atoms with Crippen LogP contribution >= 0.6 is 0 Å². The van der Waals surface area contributed by atoms with E-state index in [1.807, 2.05) is 12.1 Å². The molecule has 3 rings (SSSR count). The molecule has 1 aliphatic heterocycles. The first-order valence-electron chi connectivity index (χ1n) is 9.01. The zero-order valence-corrected chi connectivity index (χ0v) is 14.6. The van der Waals surface area contributed by atoms with Gasteiger partial charge in [-0.2, -0.15) is 0 Å². The van der Waals surface area contributed by atoms with Crippen LogP contribution in [0.25, 0.3) is 0 Å². The Morgan fingerprint density at radius 1 is 0.840 bits per heavy atom. The Morgan fingerprint density at radius 2 is 1.48 bits per heavy atom. The van der Waals surface area contributed by atoms with E-state index in [0.29, 0.717) is 5.56 Å². The standard InChI is InChI=1S/C21H26N2O2/c24-21(25)20-10-8-18(9-11-20)7-4-12-22-13-15-23(16-14-22)17-19-5-2-1-3-6-19/h1-3,5-6,8-11H,4,7,12-17H2,(H,24,25). The molecule has 0 unspecified atom stereocenters. The lowest BCUT2D eigenvalue weighted by molar-refractivity contribution is 0.0697. The number of nitrogens with zero attached hydrogens (tertiary/aromatic N) is 2. The van der Waals surface area contributed by atoms with E-state index >= 15 is 0 Å². The van der Waals surface area contributed by atoms with E-state index < -0.39 is 5.97 Å². The van der Waals surface area contributed by atoms with Crippen LogP contribution in [0.3, 0.4) is 0 Å². The number of benzene rings is 2. The summed E-state index contributed by atoms with van der Waals surface area (Å²) in [5, 5.41) is 8.93. The van der Waals surface area contributed by atoms with Crippen LogP contribution in [-0.2, 0) is 13.0 Å². The average molecular weight is 338 g/mol. The third-order valence-corrected chi connectivity index (χ3v) is 4.85. The minimum atomic E-state index is -0.861. The molecule has 0 amide bonds. The summed E-state index contributed by atoms with van der Waals surface area (Å²) < 4.78 is 0. The second-order valence-corrected chi connectivity index (χ2v) is 6.71. The van der Waals surface area contributed by atoms with Crippen LogP contribution in [0.2, 0.25) is 0 Å². The van der Waals surface area contributed by atoms with Gasteiger partial charge in [0.05, 0.1) is 5.56 Å². The van der Waals surface area contributed by atoms with Gasteiger partial charge in [-0.25, -0.2) is 4.79 Å². The summed E-state index contributed by atoms with van der Waals surface area (Å²) in [5.74, 6) is -0.861. The molecule has 0 bridgehead atoms. The first kappa shape index (κ1) is 17.6. The van der Waals surface area contributed by atoms with Gasteiger partial charge in [-0.15, -0.1) is 0 Å². The molecule has 0 spiro atoms. The molecule has 4 heteroatoms. The molecular weight excluding hydrogens is 312 g/mol. The summed E-state index contributed by atoms with van der Waals surface area (Å²) in [5.41, 5.74) is 2.96. The quantitative estimate of drug-likeness (QED) is 0.842. The molecule has 0 saturated carbocycles. The smallest absolute Gasteiger partial charge is 0.335 e. The van der Waals surface area contributed by atoms with Crippen molar-refractivity contribution in [1.82, 2.24) is 9.80 Å². The zero-order chi connectivity index (χ0) is 17.5. The number of carboxylic acids is 1. The Morgan fingerprint density at radius 3 is 2.12 bits per heavy atom. The van der Waals surface area contributed by atoms with Crippen molar-refractivity contribution in [3.63, 3.8) is 0 Å². The summed E-state index contributed by atoms with van der Waals surface area (Å²) in [4.78, 5) is 15.9. The summed E-state index contributed by atoms with van der Waals surface area (Å²) in [6, 6.07) is 17.9. The van der Waals surface area contributed by atoms with E-state index in [-0.39, 0.29) is 0 Å². The van der Waals surface area contributed by atoms with Gasteiger partial charge in [-0.1, -0.05) is 42.5 Å². The third-order valence-electron chi connectivity index (χ3n) is 4.85.